The molecular weight excluding hydrogens is 288 g/mol. The number of anilines is 1. The molecule has 22 heavy (non-hydrogen) atoms. The van der Waals surface area contributed by atoms with Gasteiger partial charge in [-0.1, -0.05) is 12.6 Å². The third-order valence-electron chi connectivity index (χ3n) is 2.76. The van der Waals surface area contributed by atoms with Gasteiger partial charge < -0.3 is 10.1 Å². The van der Waals surface area contributed by atoms with Gasteiger partial charge in [-0.3, -0.25) is 4.79 Å². The Balaban J connectivity index is 2.12. The van der Waals surface area contributed by atoms with Crippen LogP contribution < -0.4 is 10.1 Å². The van der Waals surface area contributed by atoms with E-state index in [0.717, 1.165) is 11.6 Å². The van der Waals surface area contributed by atoms with Crippen molar-refractivity contribution in [3.05, 3.63) is 71.8 Å². The minimum absolute atomic E-state index is 0.0837. The van der Waals surface area contributed by atoms with Gasteiger partial charge in [-0.2, -0.15) is 0 Å². The molecule has 2 aromatic carbocycles. The molecule has 5 heteroatoms. The highest BCUT2D eigenvalue weighted by Crippen LogP contribution is 2.18. The highest BCUT2D eigenvalue weighted by Gasteiger charge is 2.11. The van der Waals surface area contributed by atoms with E-state index in [2.05, 4.69) is 11.9 Å². The van der Waals surface area contributed by atoms with Crippen LogP contribution in [0.15, 0.2) is 54.6 Å². The summed E-state index contributed by atoms with van der Waals surface area (Å²) in [5.74, 6) is -1.53. The predicted molar refractivity (Wildman–Crippen MR) is 81.1 cm³/mol. The molecule has 0 aliphatic rings. The van der Waals surface area contributed by atoms with Gasteiger partial charge in [0.1, 0.15) is 24.0 Å². The summed E-state index contributed by atoms with van der Waals surface area (Å²) < 4.78 is 31.8. The lowest BCUT2D eigenvalue weighted by Crippen LogP contribution is -2.13. The Morgan fingerprint density at radius 3 is 2.68 bits per heavy atom. The minimum atomic E-state index is -0.831. The van der Waals surface area contributed by atoms with Crippen LogP contribution in [-0.4, -0.2) is 12.5 Å². The summed E-state index contributed by atoms with van der Waals surface area (Å²) in [5.41, 5.74) is 1.07. The molecule has 0 heterocycles. The van der Waals surface area contributed by atoms with Crippen molar-refractivity contribution < 1.29 is 18.3 Å². The van der Waals surface area contributed by atoms with E-state index in [1.165, 1.54) is 6.07 Å². The fourth-order valence-corrected chi connectivity index (χ4v) is 1.72. The lowest BCUT2D eigenvalue weighted by atomic mass is 10.2. The molecule has 0 aromatic heterocycles. The summed E-state index contributed by atoms with van der Waals surface area (Å²) in [5, 5.41) is 2.39. The highest BCUT2D eigenvalue weighted by molar-refractivity contribution is 6.04. The Bertz CT molecular complexity index is 714. The number of hydrogen-bond acceptors (Lipinski definition) is 2. The second-order valence-corrected chi connectivity index (χ2v) is 4.85. The molecule has 0 unspecified atom stereocenters. The van der Waals surface area contributed by atoms with Crippen LogP contribution in [0.2, 0.25) is 0 Å². The van der Waals surface area contributed by atoms with E-state index in [-0.39, 0.29) is 5.69 Å². The van der Waals surface area contributed by atoms with E-state index in [9.17, 15) is 13.6 Å². The van der Waals surface area contributed by atoms with Crippen molar-refractivity contribution in [2.45, 2.75) is 6.92 Å². The molecule has 0 aliphatic heterocycles. The van der Waals surface area contributed by atoms with Crippen LogP contribution in [0.5, 0.6) is 5.75 Å². The number of ether oxygens (including phenoxy) is 1. The molecule has 0 fully saturated rings. The SMILES string of the molecule is C=C(C)COc1cccc(C(=O)Nc2ccc(F)cc2F)c1. The van der Waals surface area contributed by atoms with Crippen LogP contribution >= 0.6 is 0 Å². The summed E-state index contributed by atoms with van der Waals surface area (Å²) in [6.07, 6.45) is 0. The summed E-state index contributed by atoms with van der Waals surface area (Å²) in [6, 6.07) is 9.43. The van der Waals surface area contributed by atoms with E-state index in [4.69, 9.17) is 4.74 Å². The summed E-state index contributed by atoms with van der Waals surface area (Å²) >= 11 is 0. The van der Waals surface area contributed by atoms with E-state index < -0.39 is 17.5 Å². The average molecular weight is 303 g/mol. The zero-order valence-electron chi connectivity index (χ0n) is 12.0. The van der Waals surface area contributed by atoms with Crippen molar-refractivity contribution in [3.8, 4) is 5.75 Å². The minimum Gasteiger partial charge on any atom is -0.489 e. The maximum absolute atomic E-state index is 13.5. The van der Waals surface area contributed by atoms with Gasteiger partial charge in [0.2, 0.25) is 0 Å². The first-order chi connectivity index (χ1) is 10.5. The second kappa shape index (κ2) is 6.85. The molecule has 0 bridgehead atoms. The van der Waals surface area contributed by atoms with Gasteiger partial charge in [0.25, 0.3) is 5.91 Å². The molecule has 2 aromatic rings. The van der Waals surface area contributed by atoms with Gasteiger partial charge >= 0.3 is 0 Å². The van der Waals surface area contributed by atoms with Crippen molar-refractivity contribution >= 4 is 11.6 Å². The third kappa shape index (κ3) is 4.15. The Kier molecular flexibility index (Phi) is 4.88. The largest absolute Gasteiger partial charge is 0.489 e. The summed E-state index contributed by atoms with van der Waals surface area (Å²) in [7, 11) is 0. The average Bonchev–Trinajstić information content (AvgIpc) is 2.48. The number of carbonyl (C=O) groups is 1. The third-order valence-corrected chi connectivity index (χ3v) is 2.76. The molecule has 0 aliphatic carbocycles. The number of benzene rings is 2. The molecule has 0 saturated heterocycles. The summed E-state index contributed by atoms with van der Waals surface area (Å²) in [6.45, 7) is 5.90. The number of nitrogens with one attached hydrogen (secondary N) is 1. The maximum atomic E-state index is 13.5. The highest BCUT2D eigenvalue weighted by atomic mass is 19.1. The first-order valence-electron chi connectivity index (χ1n) is 6.59. The van der Waals surface area contributed by atoms with E-state index in [0.29, 0.717) is 24.0 Å². The predicted octanol–water partition coefficient (Wildman–Crippen LogP) is 4.17. The maximum Gasteiger partial charge on any atom is 0.255 e. The fourth-order valence-electron chi connectivity index (χ4n) is 1.72. The zero-order valence-corrected chi connectivity index (χ0v) is 12.0. The Hall–Kier alpha value is -2.69. The van der Waals surface area contributed by atoms with E-state index in [1.807, 2.05) is 6.92 Å². The first-order valence-corrected chi connectivity index (χ1v) is 6.59. The van der Waals surface area contributed by atoms with Crippen LogP contribution in [0, 0.1) is 11.6 Å². The van der Waals surface area contributed by atoms with Gasteiger partial charge in [-0.25, -0.2) is 8.78 Å². The molecule has 0 spiro atoms. The zero-order chi connectivity index (χ0) is 16.1. The molecule has 2 rings (SSSR count). The van der Waals surface area contributed by atoms with Crippen LogP contribution in [-0.2, 0) is 0 Å². The van der Waals surface area contributed by atoms with Crippen LogP contribution in [0.1, 0.15) is 17.3 Å². The topological polar surface area (TPSA) is 38.3 Å². The standard InChI is InChI=1S/C17H15F2NO2/c1-11(2)10-22-14-5-3-4-12(8-14)17(21)20-16-7-6-13(18)9-15(16)19/h3-9H,1,10H2,2H3,(H,20,21). The van der Waals surface area contributed by atoms with Crippen molar-refractivity contribution in [1.82, 2.24) is 0 Å². The quantitative estimate of drug-likeness (QED) is 0.842. The molecule has 0 radical (unpaired) electrons. The molecule has 1 N–H and O–H groups in total. The molecular formula is C17H15F2NO2. The van der Waals surface area contributed by atoms with Gasteiger partial charge in [0.15, 0.2) is 0 Å². The smallest absolute Gasteiger partial charge is 0.255 e. The molecule has 1 amide bonds. The first kappa shape index (κ1) is 15.7. The normalized spacial score (nSPS) is 10.1. The van der Waals surface area contributed by atoms with Gasteiger partial charge in [-0.05, 0) is 42.8 Å². The molecule has 0 atom stereocenters. The van der Waals surface area contributed by atoms with Crippen LogP contribution in [0.25, 0.3) is 0 Å². The van der Waals surface area contributed by atoms with Crippen molar-refractivity contribution in [1.29, 1.82) is 0 Å². The lowest BCUT2D eigenvalue weighted by Gasteiger charge is -2.09. The summed E-state index contributed by atoms with van der Waals surface area (Å²) in [4.78, 5) is 12.1. The van der Waals surface area contributed by atoms with Crippen molar-refractivity contribution in [2.24, 2.45) is 0 Å². The Morgan fingerprint density at radius 2 is 2.00 bits per heavy atom. The van der Waals surface area contributed by atoms with Gasteiger partial charge in [0.05, 0.1) is 5.69 Å². The second-order valence-electron chi connectivity index (χ2n) is 4.85. The molecule has 114 valence electrons. The van der Waals surface area contributed by atoms with E-state index in [1.54, 1.807) is 24.3 Å². The number of rotatable bonds is 5. The fraction of sp³-hybridized carbons (Fsp3) is 0.118. The number of halogens is 2. The molecule has 0 saturated carbocycles. The number of hydrogen-bond donors (Lipinski definition) is 1. The van der Waals surface area contributed by atoms with Gasteiger partial charge in [0, 0.05) is 11.6 Å². The Labute approximate surface area is 127 Å². The lowest BCUT2D eigenvalue weighted by molar-refractivity contribution is 0.102. The van der Waals surface area contributed by atoms with Gasteiger partial charge in [-0.15, -0.1) is 0 Å². The Morgan fingerprint density at radius 1 is 1.23 bits per heavy atom. The molecule has 3 nitrogen and oxygen atoms in total. The number of amides is 1. The number of carbonyl (C=O) groups excluding carboxylic acids is 1. The van der Waals surface area contributed by atoms with Crippen LogP contribution in [0.4, 0.5) is 14.5 Å². The van der Waals surface area contributed by atoms with Crippen LogP contribution in [0.3, 0.4) is 0 Å². The van der Waals surface area contributed by atoms with Crippen molar-refractivity contribution in [2.75, 3.05) is 11.9 Å². The van der Waals surface area contributed by atoms with Crippen molar-refractivity contribution in [3.63, 3.8) is 0 Å². The van der Waals surface area contributed by atoms with E-state index >= 15 is 0 Å². The monoisotopic (exact) mass is 303 g/mol.